The van der Waals surface area contributed by atoms with E-state index < -0.39 is 7.60 Å². The molecule has 0 aromatic carbocycles. The van der Waals surface area contributed by atoms with E-state index in [9.17, 15) is 9.46 Å². The molecule has 0 heterocycles. The van der Waals surface area contributed by atoms with Gasteiger partial charge in [0, 0.05) is 6.42 Å². The van der Waals surface area contributed by atoms with Gasteiger partial charge in [-0.15, -0.1) is 6.58 Å². The van der Waals surface area contributed by atoms with E-state index in [0.29, 0.717) is 17.5 Å². The van der Waals surface area contributed by atoms with E-state index in [2.05, 4.69) is 18.7 Å². The molecule has 184 valence electrons. The van der Waals surface area contributed by atoms with Gasteiger partial charge < -0.3 is 13.9 Å². The van der Waals surface area contributed by atoms with Gasteiger partial charge in [-0.05, 0) is 51.4 Å². The van der Waals surface area contributed by atoms with Crippen LogP contribution < -0.4 is 0 Å². The van der Waals surface area contributed by atoms with E-state index in [4.69, 9.17) is 4.52 Å². The average Bonchev–Trinajstić information content (AvgIpc) is 2.70. The first kappa shape index (κ1) is 30.6. The fourth-order valence-corrected chi connectivity index (χ4v) is 5.94. The predicted molar refractivity (Wildman–Crippen MR) is 136 cm³/mol. The van der Waals surface area contributed by atoms with Crippen LogP contribution in [0.25, 0.3) is 0 Å². The Morgan fingerprint density at radius 2 is 1.29 bits per heavy atom. The van der Waals surface area contributed by atoms with Crippen LogP contribution in [0, 0.1) is 0 Å². The van der Waals surface area contributed by atoms with Crippen molar-refractivity contribution in [2.75, 3.05) is 27.7 Å². The Bertz CT molecular complexity index is 499. The van der Waals surface area contributed by atoms with E-state index in [0.717, 1.165) is 25.7 Å². The molecule has 1 N–H and O–H groups in total. The molecule has 0 spiro atoms. The van der Waals surface area contributed by atoms with Gasteiger partial charge in [-0.2, -0.15) is 0 Å². The number of hydrogen-bond acceptors (Lipinski definition) is 2. The number of allylic oxidation sites excluding steroid dienone is 3. The minimum Gasteiger partial charge on any atom is -0.320 e. The van der Waals surface area contributed by atoms with Crippen molar-refractivity contribution in [1.29, 1.82) is 0 Å². The molecular formula is C26H53NO3P+. The van der Waals surface area contributed by atoms with Crippen LogP contribution in [0.5, 0.6) is 0 Å². The highest BCUT2D eigenvalue weighted by Gasteiger charge is 2.41. The largest absolute Gasteiger partial charge is 0.385 e. The quantitative estimate of drug-likeness (QED) is 0.0769. The standard InChI is InChI=1S/C26H52NO3P/c1-6-8-9-10-11-12-13-14-15-16-17-18-19-20-21-22-23-25-30-31(28,29)26(24-7-2)27(3,4)5/h6,13-14,26H,1,7-12,15-25H2,2-5H3/p+1. The molecule has 2 atom stereocenters. The molecule has 31 heavy (non-hydrogen) atoms. The normalized spacial score (nSPS) is 15.3. The number of unbranched alkanes of at least 4 members (excludes halogenated alkanes) is 12. The first-order valence-corrected chi connectivity index (χ1v) is 14.4. The van der Waals surface area contributed by atoms with Crippen molar-refractivity contribution in [2.45, 2.75) is 115 Å². The summed E-state index contributed by atoms with van der Waals surface area (Å²) in [5, 5.41) is 0. The van der Waals surface area contributed by atoms with Crippen LogP contribution in [0.2, 0.25) is 0 Å². The van der Waals surface area contributed by atoms with Crippen molar-refractivity contribution >= 4 is 7.60 Å². The van der Waals surface area contributed by atoms with Crippen LogP contribution in [-0.2, 0) is 9.09 Å². The minimum absolute atomic E-state index is 0.338. The molecular weight excluding hydrogens is 405 g/mol. The summed E-state index contributed by atoms with van der Waals surface area (Å²) in [4.78, 5) is 10.4. The second-order valence-electron chi connectivity index (χ2n) is 9.80. The highest BCUT2D eigenvalue weighted by atomic mass is 31.2. The fourth-order valence-electron chi connectivity index (χ4n) is 3.92. The molecule has 0 aliphatic heterocycles. The van der Waals surface area contributed by atoms with Gasteiger partial charge in [0.1, 0.15) is 0 Å². The highest BCUT2D eigenvalue weighted by Crippen LogP contribution is 2.51. The Morgan fingerprint density at radius 3 is 1.77 bits per heavy atom. The lowest BCUT2D eigenvalue weighted by Gasteiger charge is -2.35. The second kappa shape index (κ2) is 19.1. The molecule has 0 fully saturated rings. The summed E-state index contributed by atoms with van der Waals surface area (Å²) in [6, 6.07) is 0. The molecule has 0 aliphatic carbocycles. The highest BCUT2D eigenvalue weighted by molar-refractivity contribution is 7.53. The molecule has 0 aliphatic rings. The summed E-state index contributed by atoms with van der Waals surface area (Å²) in [5.74, 6) is -0.338. The van der Waals surface area contributed by atoms with Crippen molar-refractivity contribution in [1.82, 2.24) is 0 Å². The third kappa shape index (κ3) is 17.8. The first-order chi connectivity index (χ1) is 14.8. The number of nitrogens with zero attached hydrogens (tertiary/aromatic N) is 1. The van der Waals surface area contributed by atoms with Crippen LogP contribution in [0.3, 0.4) is 0 Å². The minimum atomic E-state index is -3.57. The summed E-state index contributed by atoms with van der Waals surface area (Å²) < 4.78 is 18.6. The third-order valence-corrected chi connectivity index (χ3v) is 8.06. The maximum Gasteiger partial charge on any atom is 0.385 e. The van der Waals surface area contributed by atoms with Gasteiger partial charge in [-0.1, -0.05) is 70.1 Å². The lowest BCUT2D eigenvalue weighted by molar-refractivity contribution is -0.883. The van der Waals surface area contributed by atoms with Crippen molar-refractivity contribution in [3.63, 3.8) is 0 Å². The molecule has 4 nitrogen and oxygen atoms in total. The average molecular weight is 459 g/mol. The van der Waals surface area contributed by atoms with Crippen molar-refractivity contribution < 1.29 is 18.5 Å². The molecule has 2 unspecified atom stereocenters. The van der Waals surface area contributed by atoms with Gasteiger partial charge in [0.15, 0.2) is 5.78 Å². The van der Waals surface area contributed by atoms with Gasteiger partial charge in [-0.3, -0.25) is 4.57 Å². The first-order valence-electron chi connectivity index (χ1n) is 12.8. The lowest BCUT2D eigenvalue weighted by Crippen LogP contribution is -2.45. The maximum absolute atomic E-state index is 12.6. The van der Waals surface area contributed by atoms with Crippen LogP contribution in [0.15, 0.2) is 24.8 Å². The number of rotatable bonds is 22. The van der Waals surface area contributed by atoms with Crippen molar-refractivity contribution in [2.24, 2.45) is 0 Å². The van der Waals surface area contributed by atoms with Gasteiger partial charge in [0.2, 0.25) is 0 Å². The SMILES string of the molecule is C=CCCCCCC=CCCCCCCCCCCOP(=O)(O)C(CCC)[N+](C)(C)C. The molecule has 0 bridgehead atoms. The second-order valence-corrected chi connectivity index (χ2v) is 11.8. The van der Waals surface area contributed by atoms with Crippen LogP contribution in [-0.4, -0.2) is 42.9 Å². The Balaban J connectivity index is 3.57. The zero-order valence-corrected chi connectivity index (χ0v) is 22.1. The van der Waals surface area contributed by atoms with Crippen LogP contribution in [0.4, 0.5) is 0 Å². The number of hydrogen-bond donors (Lipinski definition) is 1. The zero-order chi connectivity index (χ0) is 23.4. The van der Waals surface area contributed by atoms with Gasteiger partial charge in [-0.25, -0.2) is 0 Å². The topological polar surface area (TPSA) is 46.5 Å². The third-order valence-electron chi connectivity index (χ3n) is 5.80. The Kier molecular flexibility index (Phi) is 18.8. The summed E-state index contributed by atoms with van der Waals surface area (Å²) >= 11 is 0. The van der Waals surface area contributed by atoms with Crippen LogP contribution >= 0.6 is 7.60 Å². The molecule has 0 rings (SSSR count). The molecule has 0 aromatic rings. The maximum atomic E-state index is 12.6. The van der Waals surface area contributed by atoms with E-state index >= 15 is 0 Å². The molecule has 0 saturated heterocycles. The monoisotopic (exact) mass is 458 g/mol. The summed E-state index contributed by atoms with van der Waals surface area (Å²) in [6.45, 7) is 6.21. The predicted octanol–water partition coefficient (Wildman–Crippen LogP) is 8.22. The molecule has 5 heteroatoms. The Labute approximate surface area is 194 Å². The molecule has 0 amide bonds. The zero-order valence-electron chi connectivity index (χ0n) is 21.2. The van der Waals surface area contributed by atoms with E-state index in [1.807, 2.05) is 34.1 Å². The lowest BCUT2D eigenvalue weighted by atomic mass is 10.1. The molecule has 0 aromatic heterocycles. The van der Waals surface area contributed by atoms with Crippen LogP contribution in [0.1, 0.15) is 110 Å². The summed E-state index contributed by atoms with van der Waals surface area (Å²) in [5.41, 5.74) is 0. The summed E-state index contributed by atoms with van der Waals surface area (Å²) in [7, 11) is 2.34. The number of quaternary nitrogens is 1. The smallest absolute Gasteiger partial charge is 0.320 e. The van der Waals surface area contributed by atoms with Gasteiger partial charge >= 0.3 is 7.60 Å². The van der Waals surface area contributed by atoms with E-state index in [-0.39, 0.29) is 5.78 Å². The van der Waals surface area contributed by atoms with Crippen molar-refractivity contribution in [3.05, 3.63) is 24.8 Å². The Morgan fingerprint density at radius 1 is 0.839 bits per heavy atom. The Hall–Kier alpha value is -0.410. The molecule has 0 radical (unpaired) electrons. The van der Waals surface area contributed by atoms with Gasteiger partial charge in [0.25, 0.3) is 0 Å². The van der Waals surface area contributed by atoms with E-state index in [1.165, 1.54) is 70.6 Å². The van der Waals surface area contributed by atoms with Gasteiger partial charge in [0.05, 0.1) is 27.7 Å². The summed E-state index contributed by atoms with van der Waals surface area (Å²) in [6.07, 6.45) is 25.5. The van der Waals surface area contributed by atoms with E-state index in [1.54, 1.807) is 0 Å². The van der Waals surface area contributed by atoms with Crippen molar-refractivity contribution in [3.8, 4) is 0 Å². The fraction of sp³-hybridized carbons (Fsp3) is 0.846. The molecule has 0 saturated carbocycles.